The van der Waals surface area contributed by atoms with Gasteiger partial charge in [-0.2, -0.15) is 0 Å². The Morgan fingerprint density at radius 1 is 1.08 bits per heavy atom. The third-order valence-electron chi connectivity index (χ3n) is 6.30. The van der Waals surface area contributed by atoms with Crippen molar-refractivity contribution in [2.75, 3.05) is 12.8 Å². The van der Waals surface area contributed by atoms with E-state index in [1.54, 1.807) is 0 Å². The molecule has 0 heterocycles. The maximum absolute atomic E-state index is 12.6. The molecule has 0 spiro atoms. The summed E-state index contributed by atoms with van der Waals surface area (Å²) in [6.07, 6.45) is 6.14. The van der Waals surface area contributed by atoms with Gasteiger partial charge in [0.1, 0.15) is 4.75 Å². The molecule has 2 fully saturated rings. The van der Waals surface area contributed by atoms with Crippen molar-refractivity contribution in [1.82, 2.24) is 5.32 Å². The lowest BCUT2D eigenvalue weighted by Crippen LogP contribution is -2.59. The molecule has 0 atom stereocenters. The second-order valence-corrected chi connectivity index (χ2v) is 10.1. The van der Waals surface area contributed by atoms with Gasteiger partial charge in [-0.15, -0.1) is 0 Å². The molecule has 1 aromatic rings. The Bertz CT molecular complexity index is 759. The molecule has 5 heteroatoms. The number of rotatable bonds is 5. The Morgan fingerprint density at radius 3 is 2.12 bits per heavy atom. The van der Waals surface area contributed by atoms with Crippen molar-refractivity contribution in [3.63, 3.8) is 0 Å². The number of carbonyl (C=O) groups is 1. The number of carbonyl (C=O) groups excluding carboxylic acids is 1. The summed E-state index contributed by atoms with van der Waals surface area (Å²) < 4.78 is 23.0. The Labute approximate surface area is 145 Å². The maximum Gasteiger partial charge on any atom is 0.241 e. The zero-order valence-electron chi connectivity index (χ0n) is 14.8. The fraction of sp³-hybridized carbons (Fsp3) is 0.632. The van der Waals surface area contributed by atoms with Gasteiger partial charge in [0.2, 0.25) is 5.91 Å². The van der Waals surface area contributed by atoms with Crippen LogP contribution in [0.3, 0.4) is 0 Å². The van der Waals surface area contributed by atoms with Crippen LogP contribution in [-0.2, 0) is 20.0 Å². The summed E-state index contributed by atoms with van der Waals surface area (Å²) in [6.45, 7) is 4.74. The lowest BCUT2D eigenvalue weighted by molar-refractivity contribution is -0.126. The van der Waals surface area contributed by atoms with Crippen LogP contribution < -0.4 is 5.32 Å². The predicted octanol–water partition coefficient (Wildman–Crippen LogP) is 2.81. The maximum atomic E-state index is 12.6. The van der Waals surface area contributed by atoms with Gasteiger partial charge in [-0.3, -0.25) is 4.79 Å². The van der Waals surface area contributed by atoms with Crippen LogP contribution in [0.4, 0.5) is 0 Å². The molecule has 0 saturated heterocycles. The summed E-state index contributed by atoms with van der Waals surface area (Å²) in [7, 11) is -3.37. The SMILES string of the molecule is Cc1ccc(C2(CNC(=O)C3(S(C)(=O)=O)CCC3)CCC2)cc1C. The van der Waals surface area contributed by atoms with Crippen LogP contribution in [0, 0.1) is 13.8 Å². The monoisotopic (exact) mass is 349 g/mol. The Hall–Kier alpha value is -1.36. The topological polar surface area (TPSA) is 63.2 Å². The van der Waals surface area contributed by atoms with Gasteiger partial charge in [-0.05, 0) is 62.6 Å². The highest BCUT2D eigenvalue weighted by Gasteiger charge is 2.53. The Kier molecular flexibility index (Phi) is 4.27. The first kappa shape index (κ1) is 17.5. The van der Waals surface area contributed by atoms with E-state index in [2.05, 4.69) is 37.4 Å². The number of aryl methyl sites for hydroxylation is 2. The lowest BCUT2D eigenvalue weighted by atomic mass is 9.64. The molecule has 2 saturated carbocycles. The van der Waals surface area contributed by atoms with Gasteiger partial charge in [0, 0.05) is 18.2 Å². The minimum absolute atomic E-state index is 0.0312. The van der Waals surface area contributed by atoms with E-state index in [-0.39, 0.29) is 11.3 Å². The van der Waals surface area contributed by atoms with Crippen LogP contribution in [0.5, 0.6) is 0 Å². The number of nitrogens with one attached hydrogen (secondary N) is 1. The van der Waals surface area contributed by atoms with Crippen molar-refractivity contribution < 1.29 is 13.2 Å². The first-order chi connectivity index (χ1) is 11.2. The summed E-state index contributed by atoms with van der Waals surface area (Å²) in [5.74, 6) is -0.300. The zero-order chi connectivity index (χ0) is 17.6. The smallest absolute Gasteiger partial charge is 0.241 e. The van der Waals surface area contributed by atoms with Crippen molar-refractivity contribution in [1.29, 1.82) is 0 Å². The van der Waals surface area contributed by atoms with Crippen molar-refractivity contribution >= 4 is 15.7 Å². The second kappa shape index (κ2) is 5.87. The van der Waals surface area contributed by atoms with Gasteiger partial charge >= 0.3 is 0 Å². The predicted molar refractivity (Wildman–Crippen MR) is 95.9 cm³/mol. The molecule has 0 bridgehead atoms. The summed E-state index contributed by atoms with van der Waals surface area (Å²) in [5.41, 5.74) is 3.76. The van der Waals surface area contributed by atoms with Gasteiger partial charge in [-0.1, -0.05) is 24.6 Å². The highest BCUT2D eigenvalue weighted by molar-refractivity contribution is 7.93. The molecule has 132 valence electrons. The van der Waals surface area contributed by atoms with Crippen molar-refractivity contribution in [3.05, 3.63) is 34.9 Å². The number of hydrogen-bond acceptors (Lipinski definition) is 3. The molecule has 1 aromatic carbocycles. The van der Waals surface area contributed by atoms with Crippen LogP contribution in [0.1, 0.15) is 55.2 Å². The first-order valence-electron chi connectivity index (χ1n) is 8.76. The van der Waals surface area contributed by atoms with E-state index in [0.29, 0.717) is 19.4 Å². The molecule has 3 rings (SSSR count). The van der Waals surface area contributed by atoms with E-state index < -0.39 is 14.6 Å². The third-order valence-corrected chi connectivity index (χ3v) is 8.32. The van der Waals surface area contributed by atoms with Crippen LogP contribution in [0.25, 0.3) is 0 Å². The third kappa shape index (κ3) is 2.67. The molecule has 1 N–H and O–H groups in total. The quantitative estimate of drug-likeness (QED) is 0.889. The molecule has 0 aromatic heterocycles. The highest BCUT2D eigenvalue weighted by atomic mass is 32.2. The lowest BCUT2D eigenvalue weighted by Gasteiger charge is -2.44. The van der Waals surface area contributed by atoms with E-state index in [9.17, 15) is 13.2 Å². The van der Waals surface area contributed by atoms with Crippen LogP contribution >= 0.6 is 0 Å². The van der Waals surface area contributed by atoms with Gasteiger partial charge in [0.05, 0.1) is 0 Å². The standard InChI is InChI=1S/C19H27NO3S/c1-14-6-7-16(12-15(14)2)18(8-4-9-18)13-20-17(21)19(10-5-11-19)24(3,22)23/h6-7,12H,4-5,8-11,13H2,1-3H3,(H,20,21). The minimum Gasteiger partial charge on any atom is -0.354 e. The summed E-state index contributed by atoms with van der Waals surface area (Å²) in [6, 6.07) is 6.51. The van der Waals surface area contributed by atoms with E-state index >= 15 is 0 Å². The van der Waals surface area contributed by atoms with Crippen molar-refractivity contribution in [3.8, 4) is 0 Å². The summed E-state index contributed by atoms with van der Waals surface area (Å²) in [5, 5.41) is 2.99. The summed E-state index contributed by atoms with van der Waals surface area (Å²) >= 11 is 0. The molecule has 24 heavy (non-hydrogen) atoms. The minimum atomic E-state index is -3.37. The molecule has 0 aliphatic heterocycles. The van der Waals surface area contributed by atoms with Crippen LogP contribution in [0.2, 0.25) is 0 Å². The highest BCUT2D eigenvalue weighted by Crippen LogP contribution is 2.44. The average molecular weight is 349 g/mol. The molecule has 2 aliphatic carbocycles. The largest absolute Gasteiger partial charge is 0.354 e. The van der Waals surface area contributed by atoms with E-state index in [1.165, 1.54) is 22.9 Å². The van der Waals surface area contributed by atoms with Crippen molar-refractivity contribution in [2.24, 2.45) is 0 Å². The van der Waals surface area contributed by atoms with Crippen molar-refractivity contribution in [2.45, 2.75) is 62.5 Å². The van der Waals surface area contributed by atoms with Gasteiger partial charge < -0.3 is 5.32 Å². The number of benzene rings is 1. The Morgan fingerprint density at radius 2 is 1.71 bits per heavy atom. The summed E-state index contributed by atoms with van der Waals surface area (Å²) in [4.78, 5) is 12.6. The molecular formula is C19H27NO3S. The molecular weight excluding hydrogens is 322 g/mol. The zero-order valence-corrected chi connectivity index (χ0v) is 15.6. The van der Waals surface area contributed by atoms with Gasteiger partial charge in [0.25, 0.3) is 0 Å². The molecule has 0 unspecified atom stereocenters. The number of hydrogen-bond donors (Lipinski definition) is 1. The van der Waals surface area contributed by atoms with E-state index in [4.69, 9.17) is 0 Å². The number of sulfone groups is 1. The van der Waals surface area contributed by atoms with Gasteiger partial charge in [0.15, 0.2) is 9.84 Å². The van der Waals surface area contributed by atoms with Crippen LogP contribution in [-0.4, -0.2) is 31.9 Å². The molecule has 0 radical (unpaired) electrons. The van der Waals surface area contributed by atoms with E-state index in [1.807, 2.05) is 0 Å². The molecule has 4 nitrogen and oxygen atoms in total. The average Bonchev–Trinajstić information content (AvgIpc) is 2.38. The fourth-order valence-electron chi connectivity index (χ4n) is 3.92. The number of amides is 1. The normalized spacial score (nSPS) is 21.5. The van der Waals surface area contributed by atoms with E-state index in [0.717, 1.165) is 25.7 Å². The fourth-order valence-corrected chi connectivity index (χ4v) is 5.36. The second-order valence-electron chi connectivity index (χ2n) is 7.74. The first-order valence-corrected chi connectivity index (χ1v) is 10.7. The molecule has 1 amide bonds. The van der Waals surface area contributed by atoms with Gasteiger partial charge in [-0.25, -0.2) is 8.42 Å². The Balaban J connectivity index is 1.77. The molecule has 2 aliphatic rings. The van der Waals surface area contributed by atoms with Crippen LogP contribution in [0.15, 0.2) is 18.2 Å².